The van der Waals surface area contributed by atoms with Gasteiger partial charge >= 0.3 is 0 Å². The Morgan fingerprint density at radius 1 is 1.29 bits per heavy atom. The molecule has 1 heterocycles. The van der Waals surface area contributed by atoms with E-state index in [1.54, 1.807) is 25.1 Å². The van der Waals surface area contributed by atoms with Gasteiger partial charge in [-0.2, -0.15) is 0 Å². The zero-order chi connectivity index (χ0) is 14.8. The van der Waals surface area contributed by atoms with E-state index in [4.69, 9.17) is 0 Å². The summed E-state index contributed by atoms with van der Waals surface area (Å²) in [6.07, 6.45) is 0.403. The first-order chi connectivity index (χ1) is 10.2. The van der Waals surface area contributed by atoms with Crippen LogP contribution in [0.4, 0.5) is 5.69 Å². The van der Waals surface area contributed by atoms with Crippen molar-refractivity contribution in [2.45, 2.75) is 13.3 Å². The summed E-state index contributed by atoms with van der Waals surface area (Å²) in [6.45, 7) is 1.78. The van der Waals surface area contributed by atoms with Crippen LogP contribution in [-0.2, 0) is 4.79 Å². The molecule has 0 atom stereocenters. The molecule has 0 fully saturated rings. The maximum atomic E-state index is 11.4. The lowest BCUT2D eigenvalue weighted by molar-refractivity contribution is -0.115. The number of fused-ring (bicyclic) bond motifs is 1. The summed E-state index contributed by atoms with van der Waals surface area (Å²) < 4.78 is 1.08. The van der Waals surface area contributed by atoms with Crippen LogP contribution in [0.1, 0.15) is 13.3 Å². The van der Waals surface area contributed by atoms with Gasteiger partial charge in [0, 0.05) is 18.2 Å². The summed E-state index contributed by atoms with van der Waals surface area (Å²) in [6, 6.07) is 13.0. The Morgan fingerprint density at radius 3 is 2.81 bits per heavy atom. The third kappa shape index (κ3) is 2.73. The number of aromatic hydroxyl groups is 1. The van der Waals surface area contributed by atoms with Crippen LogP contribution < -0.4 is 5.32 Å². The number of aromatic nitrogens is 1. The van der Waals surface area contributed by atoms with Gasteiger partial charge in [0.05, 0.1) is 15.8 Å². The summed E-state index contributed by atoms with van der Waals surface area (Å²) in [5.74, 6) is 0.0325. The van der Waals surface area contributed by atoms with Gasteiger partial charge in [0.15, 0.2) is 0 Å². The van der Waals surface area contributed by atoms with Gasteiger partial charge in [0.2, 0.25) is 5.91 Å². The van der Waals surface area contributed by atoms with Crippen molar-refractivity contribution in [1.29, 1.82) is 0 Å². The van der Waals surface area contributed by atoms with Crippen LogP contribution in [-0.4, -0.2) is 16.0 Å². The Hall–Kier alpha value is -2.40. The highest BCUT2D eigenvalue weighted by molar-refractivity contribution is 7.21. The minimum absolute atomic E-state index is 0.0814. The maximum Gasteiger partial charge on any atom is 0.224 e. The second kappa shape index (κ2) is 5.54. The Morgan fingerprint density at radius 2 is 2.10 bits per heavy atom. The number of hydrogen-bond donors (Lipinski definition) is 2. The van der Waals surface area contributed by atoms with Crippen LogP contribution in [0.15, 0.2) is 42.5 Å². The summed E-state index contributed by atoms with van der Waals surface area (Å²) in [5, 5.41) is 13.7. The molecule has 2 N–H and O–H groups in total. The third-order valence-corrected chi connectivity index (χ3v) is 4.20. The molecule has 0 unspecified atom stereocenters. The van der Waals surface area contributed by atoms with Crippen molar-refractivity contribution in [1.82, 2.24) is 4.98 Å². The highest BCUT2D eigenvalue weighted by Gasteiger charge is 2.11. The Labute approximate surface area is 126 Å². The van der Waals surface area contributed by atoms with E-state index >= 15 is 0 Å². The number of phenols is 1. The number of anilines is 1. The van der Waals surface area contributed by atoms with Gasteiger partial charge in [-0.1, -0.05) is 19.1 Å². The zero-order valence-corrected chi connectivity index (χ0v) is 12.3. The molecule has 5 heteroatoms. The molecule has 106 valence electrons. The molecule has 1 amide bonds. The fourth-order valence-corrected chi connectivity index (χ4v) is 3.03. The topological polar surface area (TPSA) is 62.2 Å². The second-order valence-corrected chi connectivity index (χ2v) is 5.65. The zero-order valence-electron chi connectivity index (χ0n) is 11.5. The van der Waals surface area contributed by atoms with Gasteiger partial charge in [-0.3, -0.25) is 4.79 Å². The van der Waals surface area contributed by atoms with E-state index in [2.05, 4.69) is 10.3 Å². The van der Waals surface area contributed by atoms with Crippen LogP contribution in [0.2, 0.25) is 0 Å². The molecule has 0 aliphatic rings. The van der Waals surface area contributed by atoms with Crippen molar-refractivity contribution < 1.29 is 9.90 Å². The maximum absolute atomic E-state index is 11.4. The van der Waals surface area contributed by atoms with Crippen molar-refractivity contribution in [3.63, 3.8) is 0 Å². The summed E-state index contributed by atoms with van der Waals surface area (Å²) in [4.78, 5) is 15.9. The summed E-state index contributed by atoms with van der Waals surface area (Å²) in [7, 11) is 0. The normalized spacial score (nSPS) is 10.7. The lowest BCUT2D eigenvalue weighted by atomic mass is 10.2. The van der Waals surface area contributed by atoms with Crippen molar-refractivity contribution >= 4 is 33.1 Å². The molecule has 0 saturated carbocycles. The molecular formula is C16H14N2O2S. The van der Waals surface area contributed by atoms with E-state index in [9.17, 15) is 9.90 Å². The standard InChI is InChI=1S/C16H14N2O2S/c1-2-15(20)17-10-7-8-11(13(19)9-10)16-18-12-5-3-4-6-14(12)21-16/h3-9,19H,2H2,1H3,(H,17,20). The predicted octanol–water partition coefficient (Wildman–Crippen LogP) is 4.02. The third-order valence-electron chi connectivity index (χ3n) is 3.13. The average Bonchev–Trinajstić information content (AvgIpc) is 2.90. The average molecular weight is 298 g/mol. The van der Waals surface area contributed by atoms with Crippen LogP contribution in [0, 0.1) is 0 Å². The van der Waals surface area contributed by atoms with Crippen molar-refractivity contribution in [3.8, 4) is 16.3 Å². The minimum Gasteiger partial charge on any atom is -0.507 e. The van der Waals surface area contributed by atoms with Gasteiger partial charge < -0.3 is 10.4 Å². The van der Waals surface area contributed by atoms with E-state index in [0.29, 0.717) is 17.7 Å². The number of carbonyl (C=O) groups excluding carboxylic acids is 1. The van der Waals surface area contributed by atoms with Crippen molar-refractivity contribution in [3.05, 3.63) is 42.5 Å². The fraction of sp³-hybridized carbons (Fsp3) is 0.125. The first kappa shape index (κ1) is 13.6. The number of nitrogens with zero attached hydrogens (tertiary/aromatic N) is 1. The van der Waals surface area contributed by atoms with Gasteiger partial charge in [-0.15, -0.1) is 11.3 Å². The number of amides is 1. The second-order valence-electron chi connectivity index (χ2n) is 4.62. The highest BCUT2D eigenvalue weighted by Crippen LogP contribution is 2.36. The van der Waals surface area contributed by atoms with Crippen LogP contribution in [0.5, 0.6) is 5.75 Å². The number of para-hydroxylation sites is 1. The Balaban J connectivity index is 1.97. The van der Waals surface area contributed by atoms with Crippen molar-refractivity contribution in [2.24, 2.45) is 0 Å². The molecule has 21 heavy (non-hydrogen) atoms. The highest BCUT2D eigenvalue weighted by atomic mass is 32.1. The lowest BCUT2D eigenvalue weighted by Gasteiger charge is -2.06. The molecule has 0 aliphatic heterocycles. The van der Waals surface area contributed by atoms with Crippen LogP contribution >= 0.6 is 11.3 Å². The Kier molecular flexibility index (Phi) is 3.58. The molecule has 0 spiro atoms. The molecule has 2 aromatic carbocycles. The number of phenolic OH excluding ortho intramolecular Hbond substituents is 1. The molecule has 3 rings (SSSR count). The van der Waals surface area contributed by atoms with Gasteiger partial charge in [0.25, 0.3) is 0 Å². The molecule has 0 bridgehead atoms. The largest absolute Gasteiger partial charge is 0.507 e. The fourth-order valence-electron chi connectivity index (χ4n) is 2.03. The van der Waals surface area contributed by atoms with E-state index in [1.165, 1.54) is 11.3 Å². The number of thiazole rings is 1. The molecule has 4 nitrogen and oxygen atoms in total. The monoisotopic (exact) mass is 298 g/mol. The van der Waals surface area contributed by atoms with Gasteiger partial charge in [-0.25, -0.2) is 4.98 Å². The smallest absolute Gasteiger partial charge is 0.224 e. The van der Waals surface area contributed by atoms with Crippen molar-refractivity contribution in [2.75, 3.05) is 5.32 Å². The lowest BCUT2D eigenvalue weighted by Crippen LogP contribution is -2.09. The first-order valence-corrected chi connectivity index (χ1v) is 7.48. The molecule has 1 aromatic heterocycles. The molecule has 3 aromatic rings. The molecule has 0 radical (unpaired) electrons. The summed E-state index contributed by atoms with van der Waals surface area (Å²) in [5.41, 5.74) is 2.18. The number of nitrogens with one attached hydrogen (secondary N) is 1. The number of hydrogen-bond acceptors (Lipinski definition) is 4. The number of rotatable bonds is 3. The predicted molar refractivity (Wildman–Crippen MR) is 85.6 cm³/mol. The SMILES string of the molecule is CCC(=O)Nc1ccc(-c2nc3ccccc3s2)c(O)c1. The van der Waals surface area contributed by atoms with E-state index in [1.807, 2.05) is 24.3 Å². The van der Waals surface area contributed by atoms with E-state index < -0.39 is 0 Å². The minimum atomic E-state index is -0.0814. The number of benzene rings is 2. The number of carbonyl (C=O) groups is 1. The van der Waals surface area contributed by atoms with Gasteiger partial charge in [-0.05, 0) is 24.3 Å². The summed E-state index contributed by atoms with van der Waals surface area (Å²) >= 11 is 1.53. The molecule has 0 saturated heterocycles. The van der Waals surface area contributed by atoms with E-state index in [-0.39, 0.29) is 11.7 Å². The molecule has 0 aliphatic carbocycles. The Bertz CT molecular complexity index is 778. The van der Waals surface area contributed by atoms with Crippen LogP contribution in [0.3, 0.4) is 0 Å². The van der Waals surface area contributed by atoms with Crippen LogP contribution in [0.25, 0.3) is 20.8 Å². The van der Waals surface area contributed by atoms with E-state index in [0.717, 1.165) is 15.2 Å². The van der Waals surface area contributed by atoms with Gasteiger partial charge in [0.1, 0.15) is 10.8 Å². The quantitative estimate of drug-likeness (QED) is 0.767. The molecular weight excluding hydrogens is 284 g/mol. The first-order valence-electron chi connectivity index (χ1n) is 6.66.